The van der Waals surface area contributed by atoms with Crippen molar-refractivity contribution in [2.24, 2.45) is 0 Å². The van der Waals surface area contributed by atoms with Crippen LogP contribution in [-0.2, 0) is 0 Å². The number of benzene rings is 1. The summed E-state index contributed by atoms with van der Waals surface area (Å²) in [4.78, 5) is 0. The van der Waals surface area contributed by atoms with Crippen LogP contribution in [0.25, 0.3) is 5.76 Å². The van der Waals surface area contributed by atoms with Gasteiger partial charge in [-0.1, -0.05) is 12.1 Å². The van der Waals surface area contributed by atoms with Crippen LogP contribution in [0.15, 0.2) is 30.8 Å². The Morgan fingerprint density at radius 1 is 1.33 bits per heavy atom. The van der Waals surface area contributed by atoms with Gasteiger partial charge in [0.15, 0.2) is 0 Å². The van der Waals surface area contributed by atoms with E-state index < -0.39 is 0 Å². The minimum Gasteiger partial charge on any atom is -0.872 e. The molecule has 0 atom stereocenters. The van der Waals surface area contributed by atoms with E-state index in [9.17, 15) is 5.11 Å². The van der Waals surface area contributed by atoms with Crippen molar-refractivity contribution in [1.29, 1.82) is 0 Å². The predicted molar refractivity (Wildman–Crippen MR) is 42.0 cm³/mol. The first kappa shape index (κ1) is 11.2. The van der Waals surface area contributed by atoms with Crippen LogP contribution in [0, 0.1) is 0 Å². The van der Waals surface area contributed by atoms with Crippen LogP contribution in [-0.4, -0.2) is 7.11 Å². The summed E-state index contributed by atoms with van der Waals surface area (Å²) in [5.74, 6) is 0.572. The molecule has 0 heterocycles. The number of ether oxygens (including phenoxy) is 1. The molecule has 0 unspecified atom stereocenters. The zero-order valence-electron chi connectivity index (χ0n) is 7.33. The Balaban J connectivity index is 0.00000121. The van der Waals surface area contributed by atoms with Crippen molar-refractivity contribution >= 4 is 5.76 Å². The molecule has 0 fully saturated rings. The summed E-state index contributed by atoms with van der Waals surface area (Å²) < 4.78 is 4.92. The number of hydrogen-bond donors (Lipinski definition) is 0. The fraction of sp³-hybridized carbons (Fsp3) is 0.111. The van der Waals surface area contributed by atoms with E-state index >= 15 is 0 Å². The average molecular weight is 156 g/mol. The fourth-order valence-corrected chi connectivity index (χ4v) is 0.777. The smallest absolute Gasteiger partial charge is 0.872 e. The summed E-state index contributed by atoms with van der Waals surface area (Å²) >= 11 is 0. The van der Waals surface area contributed by atoms with Crippen LogP contribution < -0.4 is 28.7 Å². The van der Waals surface area contributed by atoms with Gasteiger partial charge in [-0.15, -0.1) is 12.3 Å². The van der Waals surface area contributed by atoms with Crippen molar-refractivity contribution in [1.82, 2.24) is 0 Å². The molecule has 3 heteroatoms. The molecule has 0 spiro atoms. The molecule has 0 saturated carbocycles. The Morgan fingerprint density at radius 3 is 2.17 bits per heavy atom. The van der Waals surface area contributed by atoms with Crippen LogP contribution in [0.4, 0.5) is 0 Å². The van der Waals surface area contributed by atoms with E-state index in [1.807, 2.05) is 0 Å². The molecule has 0 bridgehead atoms. The SMILES string of the molecule is C=C([O-])c1ccc(OC)cc1.[Li+]. The summed E-state index contributed by atoms with van der Waals surface area (Å²) in [7, 11) is 1.58. The van der Waals surface area contributed by atoms with Crippen molar-refractivity contribution < 1.29 is 28.7 Å². The van der Waals surface area contributed by atoms with Gasteiger partial charge in [0.05, 0.1) is 7.11 Å². The van der Waals surface area contributed by atoms with Crippen LogP contribution in [0.3, 0.4) is 0 Å². The van der Waals surface area contributed by atoms with Crippen molar-refractivity contribution in [2.75, 3.05) is 7.11 Å². The maximum Gasteiger partial charge on any atom is 1.00 e. The molecule has 0 N–H and O–H groups in total. The van der Waals surface area contributed by atoms with Crippen molar-refractivity contribution in [3.63, 3.8) is 0 Å². The summed E-state index contributed by atoms with van der Waals surface area (Å²) in [5, 5.41) is 10.7. The normalized spacial score (nSPS) is 8.42. The van der Waals surface area contributed by atoms with E-state index in [0.717, 1.165) is 5.75 Å². The van der Waals surface area contributed by atoms with Gasteiger partial charge in [-0.05, 0) is 17.7 Å². The average Bonchev–Trinajstić information content (AvgIpc) is 2.05. The third-order valence-electron chi connectivity index (χ3n) is 1.41. The third kappa shape index (κ3) is 2.65. The Labute approximate surface area is 84.0 Å². The van der Waals surface area contributed by atoms with Crippen molar-refractivity contribution in [3.8, 4) is 5.75 Å². The minimum absolute atomic E-state index is 0. The van der Waals surface area contributed by atoms with Gasteiger partial charge in [-0.2, -0.15) is 0 Å². The van der Waals surface area contributed by atoms with E-state index in [-0.39, 0.29) is 24.6 Å². The predicted octanol–water partition coefficient (Wildman–Crippen LogP) is -1.97. The minimum atomic E-state index is -0.173. The molecule has 0 aliphatic rings. The maximum atomic E-state index is 10.7. The molecule has 0 aromatic heterocycles. The second kappa shape index (κ2) is 4.92. The van der Waals surface area contributed by atoms with Crippen LogP contribution in [0.1, 0.15) is 5.56 Å². The van der Waals surface area contributed by atoms with E-state index in [4.69, 9.17) is 4.74 Å². The van der Waals surface area contributed by atoms with Gasteiger partial charge in [0.1, 0.15) is 5.75 Å². The van der Waals surface area contributed by atoms with Gasteiger partial charge < -0.3 is 9.84 Å². The molecular weight excluding hydrogens is 147 g/mol. The third-order valence-corrected chi connectivity index (χ3v) is 1.41. The first-order valence-electron chi connectivity index (χ1n) is 3.24. The molecule has 0 aliphatic heterocycles. The van der Waals surface area contributed by atoms with E-state index in [2.05, 4.69) is 6.58 Å². The summed E-state index contributed by atoms with van der Waals surface area (Å²) in [6, 6.07) is 6.85. The quantitative estimate of drug-likeness (QED) is 0.367. The molecule has 0 saturated heterocycles. The Bertz CT molecular complexity index is 254. The standard InChI is InChI=1S/C9H10O2.Li/c1-7(10)8-3-5-9(11-2)6-4-8;/h3-6,10H,1H2,2H3;/q;+1/p-1. The van der Waals surface area contributed by atoms with E-state index in [1.54, 1.807) is 31.4 Å². The molecule has 1 rings (SSSR count). The summed E-state index contributed by atoms with van der Waals surface area (Å²) in [6.45, 7) is 3.28. The molecule has 12 heavy (non-hydrogen) atoms. The van der Waals surface area contributed by atoms with Gasteiger partial charge in [-0.3, -0.25) is 0 Å². The van der Waals surface area contributed by atoms with Gasteiger partial charge in [0.25, 0.3) is 0 Å². The largest absolute Gasteiger partial charge is 1.00 e. The molecule has 1 aromatic rings. The van der Waals surface area contributed by atoms with Crippen LogP contribution in [0.5, 0.6) is 5.75 Å². The topological polar surface area (TPSA) is 32.3 Å². The molecular formula is C9H9LiO2. The van der Waals surface area contributed by atoms with E-state index in [1.165, 1.54) is 0 Å². The Hall–Kier alpha value is -0.843. The zero-order valence-corrected chi connectivity index (χ0v) is 7.33. The van der Waals surface area contributed by atoms with Crippen LogP contribution in [0.2, 0.25) is 0 Å². The monoisotopic (exact) mass is 156 g/mol. The van der Waals surface area contributed by atoms with Gasteiger partial charge in [0, 0.05) is 0 Å². The van der Waals surface area contributed by atoms with Gasteiger partial charge >= 0.3 is 18.9 Å². The fourth-order valence-electron chi connectivity index (χ4n) is 0.777. The second-order valence-electron chi connectivity index (χ2n) is 2.15. The molecule has 0 amide bonds. The summed E-state index contributed by atoms with van der Waals surface area (Å²) in [6.07, 6.45) is 0. The Kier molecular flexibility index (Phi) is 4.57. The number of methoxy groups -OCH3 is 1. The maximum absolute atomic E-state index is 10.7. The molecule has 58 valence electrons. The van der Waals surface area contributed by atoms with Gasteiger partial charge in [0.2, 0.25) is 0 Å². The van der Waals surface area contributed by atoms with Crippen molar-refractivity contribution in [3.05, 3.63) is 36.4 Å². The van der Waals surface area contributed by atoms with Crippen molar-refractivity contribution in [2.45, 2.75) is 0 Å². The number of rotatable bonds is 2. The van der Waals surface area contributed by atoms with Crippen LogP contribution >= 0.6 is 0 Å². The van der Waals surface area contributed by atoms with E-state index in [0.29, 0.717) is 5.56 Å². The second-order valence-corrected chi connectivity index (χ2v) is 2.15. The molecule has 0 aliphatic carbocycles. The zero-order chi connectivity index (χ0) is 8.27. The summed E-state index contributed by atoms with van der Waals surface area (Å²) in [5.41, 5.74) is 0.603. The Morgan fingerprint density at radius 2 is 1.83 bits per heavy atom. The first-order chi connectivity index (χ1) is 5.24. The molecule has 1 aromatic carbocycles. The van der Waals surface area contributed by atoms with Gasteiger partial charge in [-0.25, -0.2) is 0 Å². The number of hydrogen-bond acceptors (Lipinski definition) is 2. The first-order valence-corrected chi connectivity index (χ1v) is 3.24. The molecule has 2 nitrogen and oxygen atoms in total. The molecule has 0 radical (unpaired) electrons.